The van der Waals surface area contributed by atoms with Crippen LogP contribution in [0.15, 0.2) is 18.2 Å². The molecule has 0 saturated heterocycles. The van der Waals surface area contributed by atoms with Gasteiger partial charge in [-0.1, -0.05) is 0 Å². The van der Waals surface area contributed by atoms with Crippen LogP contribution in [-0.4, -0.2) is 17.8 Å². The van der Waals surface area contributed by atoms with Gasteiger partial charge in [0.1, 0.15) is 5.75 Å². The average molecular weight is 272 g/mol. The fraction of sp³-hybridized carbons (Fsp3) is 0.417. The minimum absolute atomic E-state index is 0.147. The Morgan fingerprint density at radius 1 is 1.44 bits per heavy atom. The Hall–Kier alpha value is -1.43. The minimum Gasteiger partial charge on any atom is -0.435 e. The first-order chi connectivity index (χ1) is 8.54. The molecule has 18 heavy (non-hydrogen) atoms. The average Bonchev–Trinajstić information content (AvgIpc) is 3.05. The molecule has 0 unspecified atom stereocenters. The smallest absolute Gasteiger partial charge is 0.387 e. The quantitative estimate of drug-likeness (QED) is 0.825. The Kier molecular flexibility index (Phi) is 3.96. The monoisotopic (exact) mass is 272 g/mol. The van der Waals surface area contributed by atoms with E-state index < -0.39 is 6.61 Å². The van der Waals surface area contributed by atoms with Gasteiger partial charge in [0, 0.05) is 11.7 Å². The molecule has 1 aliphatic carbocycles. The summed E-state index contributed by atoms with van der Waals surface area (Å²) in [6.45, 7) is -0.999. The number of hydrogen-bond acceptors (Lipinski definition) is 2. The van der Waals surface area contributed by atoms with Crippen molar-refractivity contribution in [2.75, 3.05) is 5.32 Å². The summed E-state index contributed by atoms with van der Waals surface area (Å²) in [4.78, 5) is 0. The van der Waals surface area contributed by atoms with Crippen molar-refractivity contribution in [3.8, 4) is 5.75 Å². The molecule has 1 aromatic carbocycles. The maximum Gasteiger partial charge on any atom is 0.387 e. The van der Waals surface area contributed by atoms with Crippen LogP contribution < -0.4 is 15.4 Å². The molecule has 3 nitrogen and oxygen atoms in total. The highest BCUT2D eigenvalue weighted by atomic mass is 32.1. The number of alkyl halides is 2. The molecule has 1 aliphatic rings. The van der Waals surface area contributed by atoms with Crippen molar-refractivity contribution in [2.24, 2.45) is 0 Å². The third-order valence-corrected chi connectivity index (χ3v) is 2.80. The van der Waals surface area contributed by atoms with Crippen LogP contribution in [0.25, 0.3) is 0 Å². The van der Waals surface area contributed by atoms with Gasteiger partial charge in [-0.25, -0.2) is 0 Å². The second-order valence-corrected chi connectivity index (χ2v) is 4.64. The van der Waals surface area contributed by atoms with Crippen molar-refractivity contribution in [3.05, 3.63) is 23.8 Å². The van der Waals surface area contributed by atoms with E-state index in [0.717, 1.165) is 24.1 Å². The fourth-order valence-electron chi connectivity index (χ4n) is 1.52. The topological polar surface area (TPSA) is 33.3 Å². The predicted octanol–water partition coefficient (Wildman–Crippen LogP) is 3.05. The lowest BCUT2D eigenvalue weighted by atomic mass is 10.2. The second kappa shape index (κ2) is 5.48. The zero-order valence-electron chi connectivity index (χ0n) is 9.87. The molecular weight excluding hydrogens is 258 g/mol. The summed E-state index contributed by atoms with van der Waals surface area (Å²) >= 11 is 5.14. The Bertz CT molecular complexity index is 450. The van der Waals surface area contributed by atoms with E-state index in [0.29, 0.717) is 11.2 Å². The number of nitrogens with one attached hydrogen (secondary N) is 2. The Labute approximate surface area is 110 Å². The third kappa shape index (κ3) is 3.80. The summed E-state index contributed by atoms with van der Waals surface area (Å²) in [6, 6.07) is 5.19. The van der Waals surface area contributed by atoms with Gasteiger partial charge >= 0.3 is 6.61 Å². The summed E-state index contributed by atoms with van der Waals surface area (Å²) in [5.74, 6) is 0.147. The van der Waals surface area contributed by atoms with Crippen LogP contribution in [0, 0.1) is 6.92 Å². The van der Waals surface area contributed by atoms with Crippen LogP contribution in [0.5, 0.6) is 5.75 Å². The number of thiocarbonyl (C=S) groups is 1. The van der Waals surface area contributed by atoms with Crippen molar-refractivity contribution in [2.45, 2.75) is 32.4 Å². The van der Waals surface area contributed by atoms with E-state index in [1.165, 1.54) is 6.07 Å². The first-order valence-electron chi connectivity index (χ1n) is 5.67. The highest BCUT2D eigenvalue weighted by molar-refractivity contribution is 7.80. The fourth-order valence-corrected chi connectivity index (χ4v) is 1.80. The Morgan fingerprint density at radius 2 is 2.17 bits per heavy atom. The molecule has 1 fully saturated rings. The van der Waals surface area contributed by atoms with Crippen molar-refractivity contribution < 1.29 is 13.5 Å². The summed E-state index contributed by atoms with van der Waals surface area (Å²) in [5.41, 5.74) is 1.59. The highest BCUT2D eigenvalue weighted by Crippen LogP contribution is 2.23. The van der Waals surface area contributed by atoms with Crippen LogP contribution >= 0.6 is 12.2 Å². The van der Waals surface area contributed by atoms with Gasteiger partial charge in [0.25, 0.3) is 0 Å². The van der Waals surface area contributed by atoms with Gasteiger partial charge in [0.05, 0.1) is 0 Å². The lowest BCUT2D eigenvalue weighted by Gasteiger charge is -2.13. The standard InChI is InChI=1S/C12H14F2N2OS/c1-7-6-9(17-11(13)14)4-5-10(7)16-12(18)15-8-2-3-8/h4-6,8,11H,2-3H2,1H3,(H2,15,16,18). The van der Waals surface area contributed by atoms with Crippen LogP contribution in [0.4, 0.5) is 14.5 Å². The molecule has 98 valence electrons. The van der Waals surface area contributed by atoms with Gasteiger partial charge in [-0.05, 0) is 55.7 Å². The van der Waals surface area contributed by atoms with Crippen LogP contribution in [0.2, 0.25) is 0 Å². The van der Waals surface area contributed by atoms with Gasteiger partial charge < -0.3 is 15.4 Å². The molecule has 2 N–H and O–H groups in total. The number of benzene rings is 1. The first-order valence-corrected chi connectivity index (χ1v) is 6.08. The zero-order chi connectivity index (χ0) is 13.1. The maximum absolute atomic E-state index is 12.0. The number of ether oxygens (including phenoxy) is 1. The molecule has 2 rings (SSSR count). The molecule has 0 bridgehead atoms. The first kappa shape index (κ1) is 13.0. The second-order valence-electron chi connectivity index (χ2n) is 4.23. The van der Waals surface area contributed by atoms with Crippen LogP contribution in [0.1, 0.15) is 18.4 Å². The van der Waals surface area contributed by atoms with Crippen molar-refractivity contribution in [1.29, 1.82) is 0 Å². The molecule has 0 spiro atoms. The third-order valence-electron chi connectivity index (χ3n) is 2.58. The minimum atomic E-state index is -2.80. The number of hydrogen-bond donors (Lipinski definition) is 2. The number of aryl methyl sites for hydroxylation is 1. The molecular formula is C12H14F2N2OS. The van der Waals surface area contributed by atoms with Gasteiger partial charge in [-0.15, -0.1) is 0 Å². The molecule has 0 amide bonds. The number of rotatable bonds is 4. The lowest BCUT2D eigenvalue weighted by molar-refractivity contribution is -0.0498. The molecule has 0 heterocycles. The predicted molar refractivity (Wildman–Crippen MR) is 70.2 cm³/mol. The Morgan fingerprint density at radius 3 is 2.72 bits per heavy atom. The number of halogens is 2. The highest BCUT2D eigenvalue weighted by Gasteiger charge is 2.21. The molecule has 0 aliphatic heterocycles. The summed E-state index contributed by atoms with van der Waals surface area (Å²) in [5, 5.41) is 6.74. The molecule has 0 atom stereocenters. The van der Waals surface area contributed by atoms with Gasteiger partial charge in [-0.3, -0.25) is 0 Å². The maximum atomic E-state index is 12.0. The van der Waals surface area contributed by atoms with E-state index in [9.17, 15) is 8.78 Å². The van der Waals surface area contributed by atoms with Crippen LogP contribution in [0.3, 0.4) is 0 Å². The summed E-state index contributed by atoms with van der Waals surface area (Å²) < 4.78 is 28.4. The molecule has 1 saturated carbocycles. The van der Waals surface area contributed by atoms with E-state index in [4.69, 9.17) is 12.2 Å². The zero-order valence-corrected chi connectivity index (χ0v) is 10.7. The molecule has 6 heteroatoms. The SMILES string of the molecule is Cc1cc(OC(F)F)ccc1NC(=S)NC1CC1. The molecule has 0 radical (unpaired) electrons. The van der Waals surface area contributed by atoms with Crippen molar-refractivity contribution in [3.63, 3.8) is 0 Å². The van der Waals surface area contributed by atoms with Crippen molar-refractivity contribution >= 4 is 23.0 Å². The van der Waals surface area contributed by atoms with Crippen molar-refractivity contribution in [1.82, 2.24) is 5.32 Å². The van der Waals surface area contributed by atoms with E-state index in [-0.39, 0.29) is 5.75 Å². The van der Waals surface area contributed by atoms with Gasteiger partial charge in [0.2, 0.25) is 0 Å². The van der Waals surface area contributed by atoms with E-state index in [1.807, 2.05) is 0 Å². The number of anilines is 1. The van der Waals surface area contributed by atoms with Gasteiger partial charge in [0.15, 0.2) is 5.11 Å². The lowest BCUT2D eigenvalue weighted by Crippen LogP contribution is -2.30. The largest absolute Gasteiger partial charge is 0.435 e. The van der Waals surface area contributed by atoms with E-state index in [2.05, 4.69) is 15.4 Å². The molecule has 0 aromatic heterocycles. The van der Waals surface area contributed by atoms with Gasteiger partial charge in [-0.2, -0.15) is 8.78 Å². The van der Waals surface area contributed by atoms with E-state index >= 15 is 0 Å². The van der Waals surface area contributed by atoms with Crippen LogP contribution in [-0.2, 0) is 0 Å². The van der Waals surface area contributed by atoms with E-state index in [1.54, 1.807) is 19.1 Å². The normalized spacial score (nSPS) is 14.4. The molecule has 1 aromatic rings. The summed E-state index contributed by atoms with van der Waals surface area (Å²) in [7, 11) is 0. The summed E-state index contributed by atoms with van der Waals surface area (Å²) in [6.07, 6.45) is 2.28. The Balaban J connectivity index is 1.97.